The summed E-state index contributed by atoms with van der Waals surface area (Å²) < 4.78 is 0. The van der Waals surface area contributed by atoms with Crippen molar-refractivity contribution < 1.29 is 14.7 Å². The summed E-state index contributed by atoms with van der Waals surface area (Å²) in [6.45, 7) is 1.53. The quantitative estimate of drug-likeness (QED) is 0.650. The van der Waals surface area contributed by atoms with Gasteiger partial charge in [-0.1, -0.05) is 0 Å². The molecule has 1 aromatic heterocycles. The molecule has 0 bridgehead atoms. The molecule has 1 rings (SSSR count). The third-order valence-electron chi connectivity index (χ3n) is 1.82. The largest absolute Gasteiger partial charge is 0.478 e. The van der Waals surface area contributed by atoms with Gasteiger partial charge in [0.05, 0.1) is 0 Å². The number of nitrogens with zero attached hydrogens (tertiary/aromatic N) is 1. The van der Waals surface area contributed by atoms with E-state index >= 15 is 0 Å². The molecule has 1 unspecified atom stereocenters. The molecule has 0 fully saturated rings. The maximum Gasteiger partial charge on any atom is 0.339 e. The molecular formula is C9H11N3O3. The van der Waals surface area contributed by atoms with Crippen molar-refractivity contribution in [3.63, 3.8) is 0 Å². The van der Waals surface area contributed by atoms with Crippen molar-refractivity contribution in [2.24, 2.45) is 5.73 Å². The van der Waals surface area contributed by atoms with Crippen LogP contribution < -0.4 is 11.1 Å². The lowest BCUT2D eigenvalue weighted by atomic mass is 10.2. The molecule has 0 saturated heterocycles. The molecule has 1 aromatic rings. The zero-order valence-electron chi connectivity index (χ0n) is 8.10. The highest BCUT2D eigenvalue weighted by atomic mass is 16.4. The van der Waals surface area contributed by atoms with Crippen LogP contribution in [0.4, 0.5) is 5.82 Å². The van der Waals surface area contributed by atoms with E-state index < -0.39 is 17.9 Å². The Kier molecular flexibility index (Phi) is 3.22. The Morgan fingerprint density at radius 3 is 2.80 bits per heavy atom. The minimum absolute atomic E-state index is 0.00519. The van der Waals surface area contributed by atoms with Gasteiger partial charge in [0.15, 0.2) is 0 Å². The van der Waals surface area contributed by atoms with Crippen LogP contribution in [0.5, 0.6) is 0 Å². The molecule has 0 aliphatic rings. The molecule has 6 nitrogen and oxygen atoms in total. The fourth-order valence-corrected chi connectivity index (χ4v) is 0.969. The van der Waals surface area contributed by atoms with Crippen LogP contribution in [0, 0.1) is 0 Å². The monoisotopic (exact) mass is 209 g/mol. The number of rotatable bonds is 4. The van der Waals surface area contributed by atoms with Crippen molar-refractivity contribution in [3.8, 4) is 0 Å². The number of carbonyl (C=O) groups is 2. The standard InChI is InChI=1S/C9H11N3O3/c1-5(7(10)13)12-8-6(9(14)15)3-2-4-11-8/h2-5H,1H3,(H2,10,13)(H,11,12)(H,14,15). The van der Waals surface area contributed by atoms with E-state index in [9.17, 15) is 9.59 Å². The molecule has 15 heavy (non-hydrogen) atoms. The average Bonchev–Trinajstić information content (AvgIpc) is 2.18. The summed E-state index contributed by atoms with van der Waals surface area (Å²) in [7, 11) is 0. The second-order valence-corrected chi connectivity index (χ2v) is 2.97. The maximum absolute atomic E-state index is 10.8. The van der Waals surface area contributed by atoms with Gasteiger partial charge in [-0.2, -0.15) is 0 Å². The Balaban J connectivity index is 2.94. The summed E-state index contributed by atoms with van der Waals surface area (Å²) in [6.07, 6.45) is 1.43. The SMILES string of the molecule is CC(Nc1ncccc1C(=O)O)C(N)=O. The molecule has 1 heterocycles. The lowest BCUT2D eigenvalue weighted by molar-refractivity contribution is -0.118. The zero-order valence-corrected chi connectivity index (χ0v) is 8.10. The molecule has 6 heteroatoms. The Labute approximate surface area is 86.1 Å². The average molecular weight is 209 g/mol. The van der Waals surface area contributed by atoms with Crippen LogP contribution >= 0.6 is 0 Å². The number of carboxylic acid groups (broad SMARTS) is 1. The van der Waals surface area contributed by atoms with E-state index in [4.69, 9.17) is 10.8 Å². The molecule has 1 atom stereocenters. The Morgan fingerprint density at radius 2 is 2.27 bits per heavy atom. The summed E-state index contributed by atoms with van der Waals surface area (Å²) in [5, 5.41) is 11.4. The highest BCUT2D eigenvalue weighted by molar-refractivity contribution is 5.94. The molecule has 4 N–H and O–H groups in total. The Hall–Kier alpha value is -2.11. The molecule has 80 valence electrons. The molecule has 0 saturated carbocycles. The first kappa shape index (κ1) is 11.0. The molecule has 0 aliphatic heterocycles. The number of anilines is 1. The lowest BCUT2D eigenvalue weighted by Gasteiger charge is -2.12. The number of carbonyl (C=O) groups excluding carboxylic acids is 1. The van der Waals surface area contributed by atoms with Gasteiger partial charge in [0, 0.05) is 6.20 Å². The van der Waals surface area contributed by atoms with Gasteiger partial charge < -0.3 is 16.2 Å². The highest BCUT2D eigenvalue weighted by Crippen LogP contribution is 2.12. The fraction of sp³-hybridized carbons (Fsp3) is 0.222. The minimum Gasteiger partial charge on any atom is -0.478 e. The van der Waals surface area contributed by atoms with Crippen molar-refractivity contribution in [1.29, 1.82) is 0 Å². The molecular weight excluding hydrogens is 198 g/mol. The molecule has 0 aromatic carbocycles. The first-order valence-electron chi connectivity index (χ1n) is 4.26. The van der Waals surface area contributed by atoms with Crippen molar-refractivity contribution >= 4 is 17.7 Å². The molecule has 0 spiro atoms. The predicted octanol–water partition coefficient (Wildman–Crippen LogP) is 0.0655. The van der Waals surface area contributed by atoms with Gasteiger partial charge in [-0.3, -0.25) is 4.79 Å². The number of primary amides is 1. The van der Waals surface area contributed by atoms with Crippen LogP contribution in [-0.2, 0) is 4.79 Å². The van der Waals surface area contributed by atoms with Crippen LogP contribution in [-0.4, -0.2) is 28.0 Å². The van der Waals surface area contributed by atoms with Crippen LogP contribution in [0.25, 0.3) is 0 Å². The number of nitrogens with two attached hydrogens (primary N) is 1. The number of hydrogen-bond acceptors (Lipinski definition) is 4. The molecule has 0 aliphatic carbocycles. The van der Waals surface area contributed by atoms with Crippen LogP contribution in [0.3, 0.4) is 0 Å². The van der Waals surface area contributed by atoms with E-state index in [0.29, 0.717) is 0 Å². The normalized spacial score (nSPS) is 11.8. The molecule has 0 radical (unpaired) electrons. The highest BCUT2D eigenvalue weighted by Gasteiger charge is 2.14. The first-order valence-corrected chi connectivity index (χ1v) is 4.26. The number of nitrogens with one attached hydrogen (secondary N) is 1. The predicted molar refractivity (Wildman–Crippen MR) is 53.5 cm³/mol. The van der Waals surface area contributed by atoms with Gasteiger partial charge in [-0.15, -0.1) is 0 Å². The summed E-state index contributed by atoms with van der Waals surface area (Å²) in [6, 6.07) is 2.23. The van der Waals surface area contributed by atoms with Crippen LogP contribution in [0.1, 0.15) is 17.3 Å². The minimum atomic E-state index is -1.11. The second-order valence-electron chi connectivity index (χ2n) is 2.97. The van der Waals surface area contributed by atoms with Crippen molar-refractivity contribution in [2.75, 3.05) is 5.32 Å². The fourth-order valence-electron chi connectivity index (χ4n) is 0.969. The van der Waals surface area contributed by atoms with Crippen molar-refractivity contribution in [3.05, 3.63) is 23.9 Å². The van der Waals surface area contributed by atoms with Gasteiger partial charge in [0.2, 0.25) is 5.91 Å². The van der Waals surface area contributed by atoms with E-state index in [-0.39, 0.29) is 11.4 Å². The van der Waals surface area contributed by atoms with E-state index in [0.717, 1.165) is 0 Å². The van der Waals surface area contributed by atoms with Gasteiger partial charge in [-0.05, 0) is 19.1 Å². The first-order chi connectivity index (χ1) is 7.02. The van der Waals surface area contributed by atoms with Crippen molar-refractivity contribution in [1.82, 2.24) is 4.98 Å². The van der Waals surface area contributed by atoms with Gasteiger partial charge in [0.25, 0.3) is 0 Å². The third-order valence-corrected chi connectivity index (χ3v) is 1.82. The number of carboxylic acids is 1. The van der Waals surface area contributed by atoms with E-state index in [1.54, 1.807) is 0 Å². The summed E-state index contributed by atoms with van der Waals surface area (Å²) >= 11 is 0. The lowest BCUT2D eigenvalue weighted by Crippen LogP contribution is -2.33. The van der Waals surface area contributed by atoms with Crippen LogP contribution in [0.15, 0.2) is 18.3 Å². The number of aromatic nitrogens is 1. The van der Waals surface area contributed by atoms with Gasteiger partial charge in [-0.25, -0.2) is 9.78 Å². The summed E-state index contributed by atoms with van der Waals surface area (Å²) in [5.74, 6) is -1.55. The number of hydrogen-bond donors (Lipinski definition) is 3. The maximum atomic E-state index is 10.8. The number of pyridine rings is 1. The topological polar surface area (TPSA) is 105 Å². The molecule has 1 amide bonds. The zero-order chi connectivity index (χ0) is 11.4. The summed E-state index contributed by atoms with van der Waals surface area (Å²) in [5.41, 5.74) is 5.04. The van der Waals surface area contributed by atoms with Gasteiger partial charge in [0.1, 0.15) is 17.4 Å². The number of amides is 1. The smallest absolute Gasteiger partial charge is 0.339 e. The van der Waals surface area contributed by atoms with Gasteiger partial charge >= 0.3 is 5.97 Å². The number of aromatic carboxylic acids is 1. The van der Waals surface area contributed by atoms with E-state index in [1.165, 1.54) is 25.3 Å². The third kappa shape index (κ3) is 2.67. The Bertz CT molecular complexity index is 392. The Morgan fingerprint density at radius 1 is 1.60 bits per heavy atom. The van der Waals surface area contributed by atoms with E-state index in [1.807, 2.05) is 0 Å². The van der Waals surface area contributed by atoms with E-state index in [2.05, 4.69) is 10.3 Å². The van der Waals surface area contributed by atoms with Crippen molar-refractivity contribution in [2.45, 2.75) is 13.0 Å². The summed E-state index contributed by atoms with van der Waals surface area (Å²) in [4.78, 5) is 25.4. The van der Waals surface area contributed by atoms with Crippen LogP contribution in [0.2, 0.25) is 0 Å². The second kappa shape index (κ2) is 4.41.